The van der Waals surface area contributed by atoms with Gasteiger partial charge in [0, 0.05) is 18.1 Å². The molecule has 0 fully saturated rings. The Morgan fingerprint density at radius 1 is 1.32 bits per heavy atom. The fourth-order valence-corrected chi connectivity index (χ4v) is 1.90. The van der Waals surface area contributed by atoms with E-state index in [1.54, 1.807) is 4.57 Å². The summed E-state index contributed by atoms with van der Waals surface area (Å²) in [6.45, 7) is 2.25. The molecule has 0 saturated carbocycles. The maximum Gasteiger partial charge on any atom is 0.255 e. The first-order valence-electron chi connectivity index (χ1n) is 6.01. The minimum absolute atomic E-state index is 0.167. The van der Waals surface area contributed by atoms with Gasteiger partial charge in [0.2, 0.25) is 0 Å². The van der Waals surface area contributed by atoms with Crippen molar-refractivity contribution in [2.75, 3.05) is 0 Å². The zero-order valence-corrected chi connectivity index (χ0v) is 11.3. The zero-order chi connectivity index (χ0) is 13.7. The Labute approximate surface area is 116 Å². The van der Waals surface area contributed by atoms with Gasteiger partial charge in [0.15, 0.2) is 0 Å². The average Bonchev–Trinajstić information content (AvgIpc) is 2.42. The Bertz CT molecular complexity index is 681. The molecule has 0 unspecified atom stereocenters. The number of nitrogens with zero attached hydrogens (tertiary/aromatic N) is 2. The highest BCUT2D eigenvalue weighted by Gasteiger charge is 2.04. The van der Waals surface area contributed by atoms with Gasteiger partial charge < -0.3 is 0 Å². The number of hydrogen-bond acceptors (Lipinski definition) is 2. The minimum Gasteiger partial charge on any atom is -0.285 e. The lowest BCUT2D eigenvalue weighted by molar-refractivity contribution is 0.697. The molecule has 0 amide bonds. The van der Waals surface area contributed by atoms with Crippen LogP contribution in [0.5, 0.6) is 0 Å². The van der Waals surface area contributed by atoms with Crippen molar-refractivity contribution in [3.63, 3.8) is 0 Å². The van der Waals surface area contributed by atoms with Crippen LogP contribution in [0, 0.1) is 11.8 Å². The third-order valence-electron chi connectivity index (χ3n) is 2.62. The van der Waals surface area contributed by atoms with Crippen LogP contribution in [0.4, 0.5) is 0 Å². The molecule has 0 bridgehead atoms. The van der Waals surface area contributed by atoms with Crippen LogP contribution in [0.15, 0.2) is 41.2 Å². The van der Waals surface area contributed by atoms with Crippen molar-refractivity contribution in [1.29, 1.82) is 0 Å². The smallest absolute Gasteiger partial charge is 0.255 e. The van der Waals surface area contributed by atoms with Crippen molar-refractivity contribution in [1.82, 2.24) is 9.55 Å². The van der Waals surface area contributed by atoms with Gasteiger partial charge in [-0.15, -0.1) is 0 Å². The highest BCUT2D eigenvalue weighted by molar-refractivity contribution is 6.29. The van der Waals surface area contributed by atoms with Crippen molar-refractivity contribution >= 4 is 11.6 Å². The van der Waals surface area contributed by atoms with E-state index in [-0.39, 0.29) is 10.7 Å². The topological polar surface area (TPSA) is 34.9 Å². The van der Waals surface area contributed by atoms with Crippen LogP contribution in [-0.2, 0) is 13.0 Å². The first kappa shape index (κ1) is 13.4. The van der Waals surface area contributed by atoms with Crippen LogP contribution < -0.4 is 5.56 Å². The van der Waals surface area contributed by atoms with Crippen LogP contribution in [-0.4, -0.2) is 9.55 Å². The summed E-state index contributed by atoms with van der Waals surface area (Å²) in [5, 5.41) is 0.231. The molecule has 2 aromatic rings. The molecule has 0 aliphatic heterocycles. The Morgan fingerprint density at radius 3 is 2.74 bits per heavy atom. The fourth-order valence-electron chi connectivity index (χ4n) is 1.70. The third kappa shape index (κ3) is 3.46. The Balaban J connectivity index is 2.26. The van der Waals surface area contributed by atoms with Gasteiger partial charge in [-0.2, -0.15) is 0 Å². The first-order valence-corrected chi connectivity index (χ1v) is 6.38. The van der Waals surface area contributed by atoms with Gasteiger partial charge in [0.05, 0.1) is 6.54 Å². The molecule has 0 aliphatic carbocycles. The molecule has 1 aromatic carbocycles. The van der Waals surface area contributed by atoms with E-state index >= 15 is 0 Å². The summed E-state index contributed by atoms with van der Waals surface area (Å²) < 4.78 is 1.54. The molecule has 0 aliphatic rings. The maximum atomic E-state index is 11.8. The molecule has 0 spiro atoms. The van der Waals surface area contributed by atoms with E-state index in [1.165, 1.54) is 6.07 Å². The number of rotatable bonds is 2. The number of benzene rings is 1. The molecule has 1 heterocycles. The second-order valence-corrected chi connectivity index (χ2v) is 4.33. The fraction of sp³-hybridized carbons (Fsp3) is 0.200. The van der Waals surface area contributed by atoms with Gasteiger partial charge in [0.25, 0.3) is 5.56 Å². The number of aromatic nitrogens is 2. The quantitative estimate of drug-likeness (QED) is 0.622. The number of halogens is 1. The van der Waals surface area contributed by atoms with E-state index in [4.69, 9.17) is 11.6 Å². The predicted octanol–water partition coefficient (Wildman–Crippen LogP) is 2.51. The molecule has 3 nitrogen and oxygen atoms in total. The van der Waals surface area contributed by atoms with Crippen LogP contribution in [0.3, 0.4) is 0 Å². The van der Waals surface area contributed by atoms with Crippen molar-refractivity contribution < 1.29 is 0 Å². The normalized spacial score (nSPS) is 9.79. The molecule has 0 N–H and O–H groups in total. The lowest BCUT2D eigenvalue weighted by Gasteiger charge is -2.06. The molecular formula is C15H13ClN2O. The summed E-state index contributed by atoms with van der Waals surface area (Å²) in [5.74, 6) is 6.65. The predicted molar refractivity (Wildman–Crippen MR) is 76.2 cm³/mol. The summed E-state index contributed by atoms with van der Waals surface area (Å²) in [7, 11) is 0. The van der Waals surface area contributed by atoms with Gasteiger partial charge in [-0.25, -0.2) is 4.98 Å². The molecule has 4 heteroatoms. The summed E-state index contributed by atoms with van der Waals surface area (Å²) in [4.78, 5) is 16.0. The van der Waals surface area contributed by atoms with E-state index in [0.29, 0.717) is 18.8 Å². The monoisotopic (exact) mass is 272 g/mol. The second kappa shape index (κ2) is 6.21. The van der Waals surface area contributed by atoms with Gasteiger partial charge in [-0.05, 0) is 12.1 Å². The van der Waals surface area contributed by atoms with Gasteiger partial charge in [-0.1, -0.05) is 48.6 Å². The SMILES string of the molecule is CCc1nc(Cl)cc(=O)n1CC#Cc1ccccc1. The van der Waals surface area contributed by atoms with Crippen LogP contribution in [0.1, 0.15) is 18.3 Å². The van der Waals surface area contributed by atoms with E-state index in [0.717, 1.165) is 5.56 Å². The zero-order valence-electron chi connectivity index (χ0n) is 10.6. The standard InChI is InChI=1S/C15H13ClN2O/c1-2-14-17-13(16)11-15(19)18(14)10-6-9-12-7-4-3-5-8-12/h3-5,7-8,11H,2,10H2,1H3. The number of aryl methyl sites for hydroxylation is 1. The van der Waals surface area contributed by atoms with Crippen LogP contribution in [0.25, 0.3) is 0 Å². The summed E-state index contributed by atoms with van der Waals surface area (Å²) in [6, 6.07) is 11.0. The Hall–Kier alpha value is -2.05. The lowest BCUT2D eigenvalue weighted by atomic mass is 10.2. The Morgan fingerprint density at radius 2 is 2.05 bits per heavy atom. The average molecular weight is 273 g/mol. The van der Waals surface area contributed by atoms with E-state index in [9.17, 15) is 4.79 Å². The third-order valence-corrected chi connectivity index (χ3v) is 2.81. The summed E-state index contributed by atoms with van der Waals surface area (Å²) in [6.07, 6.45) is 0.642. The summed E-state index contributed by atoms with van der Waals surface area (Å²) >= 11 is 5.77. The van der Waals surface area contributed by atoms with Crippen LogP contribution >= 0.6 is 11.6 Å². The van der Waals surface area contributed by atoms with E-state index in [2.05, 4.69) is 16.8 Å². The lowest BCUT2D eigenvalue weighted by Crippen LogP contribution is -2.23. The molecule has 0 atom stereocenters. The Kier molecular flexibility index (Phi) is 4.38. The molecular weight excluding hydrogens is 260 g/mol. The molecule has 1 aromatic heterocycles. The first-order chi connectivity index (χ1) is 9.20. The van der Waals surface area contributed by atoms with Crippen molar-refractivity contribution in [3.05, 3.63) is 63.3 Å². The highest BCUT2D eigenvalue weighted by Crippen LogP contribution is 2.03. The molecule has 0 radical (unpaired) electrons. The summed E-state index contributed by atoms with van der Waals surface area (Å²) in [5.41, 5.74) is 0.759. The van der Waals surface area contributed by atoms with Crippen molar-refractivity contribution in [2.24, 2.45) is 0 Å². The van der Waals surface area contributed by atoms with E-state index < -0.39 is 0 Å². The van der Waals surface area contributed by atoms with Crippen molar-refractivity contribution in [2.45, 2.75) is 19.9 Å². The van der Waals surface area contributed by atoms with Gasteiger partial charge >= 0.3 is 0 Å². The molecule has 96 valence electrons. The maximum absolute atomic E-state index is 11.8. The highest BCUT2D eigenvalue weighted by atomic mass is 35.5. The van der Waals surface area contributed by atoms with Gasteiger partial charge in [0.1, 0.15) is 11.0 Å². The largest absolute Gasteiger partial charge is 0.285 e. The molecule has 19 heavy (non-hydrogen) atoms. The number of hydrogen-bond donors (Lipinski definition) is 0. The van der Waals surface area contributed by atoms with Crippen LogP contribution in [0.2, 0.25) is 5.15 Å². The molecule has 2 rings (SSSR count). The van der Waals surface area contributed by atoms with E-state index in [1.807, 2.05) is 37.3 Å². The molecule has 0 saturated heterocycles. The minimum atomic E-state index is -0.167. The van der Waals surface area contributed by atoms with Crippen molar-refractivity contribution in [3.8, 4) is 11.8 Å². The second-order valence-electron chi connectivity index (χ2n) is 3.94. The van der Waals surface area contributed by atoms with Gasteiger partial charge in [-0.3, -0.25) is 9.36 Å².